The molecule has 0 aromatic heterocycles. The van der Waals surface area contributed by atoms with Gasteiger partial charge in [-0.05, 0) is 70.6 Å². The Kier molecular flexibility index (Phi) is 34.5. The number of hydrogen-bond acceptors (Lipinski definition) is 8. The molecule has 1 saturated heterocycles. The van der Waals surface area contributed by atoms with E-state index < -0.39 is 49.5 Å². The second kappa shape index (κ2) is 37.2. The Morgan fingerprint density at radius 3 is 1.62 bits per heavy atom. The predicted molar refractivity (Wildman–Crippen MR) is 230 cm³/mol. The van der Waals surface area contributed by atoms with Crippen LogP contribution in [-0.2, 0) is 14.3 Å². The van der Waals surface area contributed by atoms with Crippen LogP contribution in [0.15, 0.2) is 60.8 Å². The number of unbranched alkanes of at least 4 members (excludes halogenated alkanes) is 18. The Bertz CT molecular complexity index is 1060. The molecule has 0 bridgehead atoms. The molecular formula is C47H83NO8. The lowest BCUT2D eigenvalue weighted by Gasteiger charge is -2.40. The molecule has 324 valence electrons. The summed E-state index contributed by atoms with van der Waals surface area (Å²) in [7, 11) is 0. The molecule has 1 aliphatic heterocycles. The van der Waals surface area contributed by atoms with Gasteiger partial charge in [-0.2, -0.15) is 0 Å². The van der Waals surface area contributed by atoms with Gasteiger partial charge in [-0.25, -0.2) is 0 Å². The molecule has 0 aromatic carbocycles. The highest BCUT2D eigenvalue weighted by Crippen LogP contribution is 2.22. The van der Waals surface area contributed by atoms with Gasteiger partial charge in [0, 0.05) is 6.42 Å². The lowest BCUT2D eigenvalue weighted by Crippen LogP contribution is -2.60. The minimum atomic E-state index is -1.58. The van der Waals surface area contributed by atoms with Gasteiger partial charge in [-0.15, -0.1) is 0 Å². The summed E-state index contributed by atoms with van der Waals surface area (Å²) in [5.74, 6) is -0.203. The van der Waals surface area contributed by atoms with Crippen molar-refractivity contribution < 1.29 is 39.8 Å². The Labute approximate surface area is 341 Å². The minimum Gasteiger partial charge on any atom is -0.394 e. The van der Waals surface area contributed by atoms with Crippen LogP contribution in [0, 0.1) is 0 Å². The molecule has 56 heavy (non-hydrogen) atoms. The first-order valence-electron chi connectivity index (χ1n) is 22.5. The van der Waals surface area contributed by atoms with Gasteiger partial charge in [0.1, 0.15) is 24.4 Å². The van der Waals surface area contributed by atoms with Crippen LogP contribution in [0.2, 0.25) is 0 Å². The molecule has 1 aliphatic rings. The van der Waals surface area contributed by atoms with Crippen LogP contribution in [0.4, 0.5) is 0 Å². The van der Waals surface area contributed by atoms with Crippen molar-refractivity contribution in [3.8, 4) is 0 Å². The van der Waals surface area contributed by atoms with Gasteiger partial charge in [0.2, 0.25) is 5.91 Å². The molecule has 0 aliphatic carbocycles. The lowest BCUT2D eigenvalue weighted by molar-refractivity contribution is -0.302. The maximum absolute atomic E-state index is 12.9. The van der Waals surface area contributed by atoms with Crippen LogP contribution in [0.1, 0.15) is 174 Å². The SMILES string of the molecule is CCCCCCC/C=C\C/C=C\C/C=C\CCCCCCCCC(=O)NC(COC1OC(CO)C(O)C(O)C1O)C(O)/C=C/CC/C=C/CCCCCCCC. The number of rotatable bonds is 36. The van der Waals surface area contributed by atoms with Crippen molar-refractivity contribution in [3.05, 3.63) is 60.8 Å². The standard InChI is InChI=1S/C47H83NO8/c1-3-5-7-9-11-13-15-17-18-19-20-21-22-23-24-25-27-29-31-33-35-37-43(51)48-40(39-55-47-46(54)45(53)44(52)42(38-49)56-47)41(50)36-34-32-30-28-26-16-14-12-10-8-6-4-2/h15,17,19-20,22-23,26,28,34,36,40-42,44-47,49-50,52-54H,3-14,16,18,21,24-25,27,29-33,35,37-39H2,1-2H3,(H,48,51)/b17-15-,20-19-,23-22-,28-26+,36-34+. The zero-order valence-corrected chi connectivity index (χ0v) is 35.4. The first-order valence-corrected chi connectivity index (χ1v) is 22.5. The van der Waals surface area contributed by atoms with Crippen molar-refractivity contribution in [2.75, 3.05) is 13.2 Å². The van der Waals surface area contributed by atoms with Crippen molar-refractivity contribution in [2.45, 2.75) is 217 Å². The van der Waals surface area contributed by atoms with E-state index in [4.69, 9.17) is 9.47 Å². The van der Waals surface area contributed by atoms with E-state index in [2.05, 4.69) is 67.8 Å². The van der Waals surface area contributed by atoms with Gasteiger partial charge in [0.25, 0.3) is 0 Å². The Morgan fingerprint density at radius 1 is 0.607 bits per heavy atom. The fourth-order valence-electron chi connectivity index (χ4n) is 6.65. The Hall–Kier alpha value is -2.11. The zero-order chi connectivity index (χ0) is 40.9. The normalized spacial score (nSPS) is 21.7. The molecule has 1 amide bonds. The molecule has 1 heterocycles. The van der Waals surface area contributed by atoms with Gasteiger partial charge >= 0.3 is 0 Å². The third kappa shape index (κ3) is 27.5. The summed E-state index contributed by atoms with van der Waals surface area (Å²) in [6.45, 7) is 3.70. The number of allylic oxidation sites excluding steroid dienone is 9. The number of aliphatic hydroxyl groups excluding tert-OH is 5. The average molecular weight is 790 g/mol. The van der Waals surface area contributed by atoms with Crippen molar-refractivity contribution >= 4 is 5.91 Å². The van der Waals surface area contributed by atoms with E-state index in [1.165, 1.54) is 89.9 Å². The van der Waals surface area contributed by atoms with Crippen LogP contribution < -0.4 is 5.32 Å². The third-order valence-electron chi connectivity index (χ3n) is 10.3. The van der Waals surface area contributed by atoms with Crippen LogP contribution in [0.5, 0.6) is 0 Å². The third-order valence-corrected chi connectivity index (χ3v) is 10.3. The molecular weight excluding hydrogens is 707 g/mol. The number of aliphatic hydroxyl groups is 5. The largest absolute Gasteiger partial charge is 0.394 e. The van der Waals surface area contributed by atoms with E-state index in [0.29, 0.717) is 6.42 Å². The number of nitrogens with one attached hydrogen (secondary N) is 1. The Balaban J connectivity index is 2.37. The van der Waals surface area contributed by atoms with Crippen molar-refractivity contribution in [1.82, 2.24) is 5.32 Å². The Morgan fingerprint density at radius 2 is 1.07 bits per heavy atom. The summed E-state index contributed by atoms with van der Waals surface area (Å²) in [5.41, 5.74) is 0. The molecule has 9 heteroatoms. The van der Waals surface area contributed by atoms with Crippen LogP contribution in [-0.4, -0.2) is 87.5 Å². The van der Waals surface area contributed by atoms with Crippen LogP contribution in [0.3, 0.4) is 0 Å². The monoisotopic (exact) mass is 790 g/mol. The highest BCUT2D eigenvalue weighted by atomic mass is 16.7. The molecule has 6 N–H and O–H groups in total. The van der Waals surface area contributed by atoms with Crippen molar-refractivity contribution in [3.63, 3.8) is 0 Å². The molecule has 0 aromatic rings. The van der Waals surface area contributed by atoms with Gasteiger partial charge < -0.3 is 40.3 Å². The lowest BCUT2D eigenvalue weighted by atomic mass is 9.99. The predicted octanol–water partition coefficient (Wildman–Crippen LogP) is 9.22. The number of amides is 1. The average Bonchev–Trinajstić information content (AvgIpc) is 3.20. The van der Waals surface area contributed by atoms with Crippen LogP contribution in [0.25, 0.3) is 0 Å². The second-order valence-electron chi connectivity index (χ2n) is 15.5. The second-order valence-corrected chi connectivity index (χ2v) is 15.5. The molecule has 7 unspecified atom stereocenters. The smallest absolute Gasteiger partial charge is 0.220 e. The maximum Gasteiger partial charge on any atom is 0.220 e. The van der Waals surface area contributed by atoms with E-state index in [1.54, 1.807) is 6.08 Å². The molecule has 1 rings (SSSR count). The van der Waals surface area contributed by atoms with Crippen molar-refractivity contribution in [2.24, 2.45) is 0 Å². The zero-order valence-electron chi connectivity index (χ0n) is 35.4. The summed E-state index contributed by atoms with van der Waals surface area (Å²) in [6.07, 6.45) is 41.2. The fraction of sp³-hybridized carbons (Fsp3) is 0.766. The first-order chi connectivity index (χ1) is 27.3. The van der Waals surface area contributed by atoms with Gasteiger partial charge in [-0.1, -0.05) is 158 Å². The summed E-state index contributed by atoms with van der Waals surface area (Å²) in [4.78, 5) is 12.9. The number of hydrogen-bond donors (Lipinski definition) is 6. The molecule has 7 atom stereocenters. The first kappa shape index (κ1) is 51.9. The minimum absolute atomic E-state index is 0.203. The molecule has 9 nitrogen and oxygen atoms in total. The summed E-state index contributed by atoms with van der Waals surface area (Å²) in [6, 6.07) is -0.829. The maximum atomic E-state index is 12.9. The highest BCUT2D eigenvalue weighted by molar-refractivity contribution is 5.76. The molecule has 1 fully saturated rings. The highest BCUT2D eigenvalue weighted by Gasteiger charge is 2.44. The van der Waals surface area contributed by atoms with E-state index in [9.17, 15) is 30.3 Å². The van der Waals surface area contributed by atoms with E-state index >= 15 is 0 Å². The van der Waals surface area contributed by atoms with E-state index in [0.717, 1.165) is 64.2 Å². The number of carbonyl (C=O) groups is 1. The molecule has 0 spiro atoms. The number of carbonyl (C=O) groups excluding carboxylic acids is 1. The topological polar surface area (TPSA) is 149 Å². The summed E-state index contributed by atoms with van der Waals surface area (Å²) >= 11 is 0. The summed E-state index contributed by atoms with van der Waals surface area (Å²) < 4.78 is 11.2. The molecule has 0 saturated carbocycles. The quantitative estimate of drug-likeness (QED) is 0.0272. The van der Waals surface area contributed by atoms with Gasteiger partial charge in [0.05, 0.1) is 25.4 Å². The molecule has 0 radical (unpaired) electrons. The van der Waals surface area contributed by atoms with Gasteiger partial charge in [0.15, 0.2) is 6.29 Å². The van der Waals surface area contributed by atoms with Crippen molar-refractivity contribution in [1.29, 1.82) is 0 Å². The number of ether oxygens (including phenoxy) is 2. The van der Waals surface area contributed by atoms with E-state index in [1.807, 2.05) is 6.08 Å². The van der Waals surface area contributed by atoms with Gasteiger partial charge in [-0.3, -0.25) is 4.79 Å². The fourth-order valence-corrected chi connectivity index (χ4v) is 6.65. The van der Waals surface area contributed by atoms with E-state index in [-0.39, 0.29) is 12.5 Å². The van der Waals surface area contributed by atoms with Crippen LogP contribution >= 0.6 is 0 Å². The summed E-state index contributed by atoms with van der Waals surface area (Å²) in [5, 5.41) is 54.0.